The van der Waals surface area contributed by atoms with Gasteiger partial charge in [-0.05, 0) is 29.8 Å². The highest BCUT2D eigenvalue weighted by atomic mass is 35.5. The molecule has 0 fully saturated rings. The van der Waals surface area contributed by atoms with Gasteiger partial charge in [0.25, 0.3) is 0 Å². The fourth-order valence-electron chi connectivity index (χ4n) is 1.67. The van der Waals surface area contributed by atoms with Crippen LogP contribution >= 0.6 is 22.9 Å². The molecule has 0 saturated heterocycles. The summed E-state index contributed by atoms with van der Waals surface area (Å²) in [7, 11) is 0. The van der Waals surface area contributed by atoms with Crippen molar-refractivity contribution in [2.75, 3.05) is 6.54 Å². The lowest BCUT2D eigenvalue weighted by molar-refractivity contribution is 0.178. The van der Waals surface area contributed by atoms with Crippen LogP contribution in [0, 0.1) is 11.6 Å². The maximum Gasteiger partial charge on any atom is 0.126 e. The lowest BCUT2D eigenvalue weighted by atomic mass is 10.2. The molecule has 1 aromatic heterocycles. The summed E-state index contributed by atoms with van der Waals surface area (Å²) in [4.78, 5) is 0.753. The third-order valence-corrected chi connectivity index (χ3v) is 3.84. The van der Waals surface area contributed by atoms with E-state index in [-0.39, 0.29) is 13.1 Å². The highest BCUT2D eigenvalue weighted by Crippen LogP contribution is 2.26. The van der Waals surface area contributed by atoms with E-state index in [2.05, 4.69) is 5.32 Å². The first-order valence-electron chi connectivity index (χ1n) is 5.63. The van der Waals surface area contributed by atoms with E-state index in [1.807, 2.05) is 0 Å². The van der Waals surface area contributed by atoms with Gasteiger partial charge in [-0.3, -0.25) is 0 Å². The maximum atomic E-state index is 13.0. The van der Waals surface area contributed by atoms with E-state index in [0.29, 0.717) is 9.90 Å². The van der Waals surface area contributed by atoms with Crippen LogP contribution in [0.25, 0.3) is 0 Å². The van der Waals surface area contributed by atoms with E-state index < -0.39 is 17.7 Å². The molecular formula is C13H12ClF2NOS. The van der Waals surface area contributed by atoms with Crippen molar-refractivity contribution in [1.82, 2.24) is 5.32 Å². The molecule has 0 amide bonds. The van der Waals surface area contributed by atoms with E-state index >= 15 is 0 Å². The number of benzene rings is 1. The molecule has 1 aromatic carbocycles. The predicted molar refractivity (Wildman–Crippen MR) is 72.4 cm³/mol. The van der Waals surface area contributed by atoms with Gasteiger partial charge in [-0.1, -0.05) is 11.6 Å². The second kappa shape index (κ2) is 6.43. The highest BCUT2D eigenvalue weighted by Gasteiger charge is 2.10. The summed E-state index contributed by atoms with van der Waals surface area (Å²) in [6.45, 7) is 0.569. The van der Waals surface area contributed by atoms with Crippen LogP contribution in [-0.2, 0) is 6.54 Å². The first-order valence-corrected chi connectivity index (χ1v) is 6.83. The van der Waals surface area contributed by atoms with Crippen LogP contribution in [0.15, 0.2) is 30.3 Å². The lowest BCUT2D eigenvalue weighted by Crippen LogP contribution is -2.20. The van der Waals surface area contributed by atoms with Crippen molar-refractivity contribution < 1.29 is 13.9 Å². The van der Waals surface area contributed by atoms with Gasteiger partial charge < -0.3 is 10.4 Å². The van der Waals surface area contributed by atoms with Crippen molar-refractivity contribution in [3.8, 4) is 0 Å². The first-order chi connectivity index (χ1) is 9.04. The van der Waals surface area contributed by atoms with Crippen molar-refractivity contribution >= 4 is 22.9 Å². The number of halogens is 3. The Hall–Kier alpha value is -1.01. The van der Waals surface area contributed by atoms with Crippen molar-refractivity contribution in [3.05, 3.63) is 56.7 Å². The number of nitrogens with one attached hydrogen (secondary N) is 1. The van der Waals surface area contributed by atoms with Gasteiger partial charge in [-0.15, -0.1) is 11.3 Å². The van der Waals surface area contributed by atoms with Gasteiger partial charge in [0.15, 0.2) is 0 Å². The van der Waals surface area contributed by atoms with Crippen molar-refractivity contribution in [2.24, 2.45) is 0 Å². The number of thiophene rings is 1. The third kappa shape index (κ3) is 4.24. The molecule has 6 heteroatoms. The van der Waals surface area contributed by atoms with Crippen molar-refractivity contribution in [3.63, 3.8) is 0 Å². The summed E-state index contributed by atoms with van der Waals surface area (Å²) >= 11 is 7.08. The van der Waals surface area contributed by atoms with Gasteiger partial charge in [0.05, 0.1) is 4.34 Å². The Morgan fingerprint density at radius 2 is 1.89 bits per heavy atom. The standard InChI is InChI=1S/C13H12ClF2NOS/c14-13-2-1-12(19-13)11(18)7-17-6-8-3-9(15)5-10(16)4-8/h1-5,11,17-18H,6-7H2. The molecule has 0 aliphatic rings. The molecule has 0 radical (unpaired) electrons. The minimum atomic E-state index is -0.684. The summed E-state index contributed by atoms with van der Waals surface area (Å²) in [5.74, 6) is -1.22. The highest BCUT2D eigenvalue weighted by molar-refractivity contribution is 7.16. The second-order valence-electron chi connectivity index (χ2n) is 4.07. The first kappa shape index (κ1) is 14.4. The van der Waals surface area contributed by atoms with Crippen LogP contribution < -0.4 is 5.32 Å². The average Bonchev–Trinajstić information content (AvgIpc) is 2.74. The van der Waals surface area contributed by atoms with Crippen molar-refractivity contribution in [2.45, 2.75) is 12.6 Å². The minimum Gasteiger partial charge on any atom is -0.386 e. The molecule has 0 aliphatic carbocycles. The molecule has 19 heavy (non-hydrogen) atoms. The Balaban J connectivity index is 1.86. The summed E-state index contributed by atoms with van der Waals surface area (Å²) in [5, 5.41) is 12.8. The van der Waals surface area contributed by atoms with Gasteiger partial charge in [0.1, 0.15) is 17.7 Å². The molecule has 102 valence electrons. The van der Waals surface area contributed by atoms with Crippen LogP contribution in [-0.4, -0.2) is 11.7 Å². The summed E-state index contributed by atoms with van der Waals surface area (Å²) in [6.07, 6.45) is -0.684. The van der Waals surface area contributed by atoms with Gasteiger partial charge >= 0.3 is 0 Å². The number of hydrogen-bond donors (Lipinski definition) is 2. The van der Waals surface area contributed by atoms with E-state index in [9.17, 15) is 13.9 Å². The molecule has 1 heterocycles. The molecule has 0 saturated carbocycles. The monoisotopic (exact) mass is 303 g/mol. The zero-order valence-electron chi connectivity index (χ0n) is 9.87. The molecule has 0 aliphatic heterocycles. The molecule has 0 bridgehead atoms. The lowest BCUT2D eigenvalue weighted by Gasteiger charge is -2.10. The molecule has 2 rings (SSSR count). The van der Waals surface area contributed by atoms with Crippen LogP contribution in [0.1, 0.15) is 16.5 Å². The van der Waals surface area contributed by atoms with E-state index in [1.54, 1.807) is 12.1 Å². The Kier molecular flexibility index (Phi) is 4.87. The smallest absolute Gasteiger partial charge is 0.126 e. The zero-order chi connectivity index (χ0) is 13.8. The average molecular weight is 304 g/mol. The summed E-state index contributed by atoms with van der Waals surface area (Å²) < 4.78 is 26.5. The Bertz CT molecular complexity index is 541. The van der Waals surface area contributed by atoms with E-state index in [0.717, 1.165) is 10.9 Å². The number of hydrogen-bond acceptors (Lipinski definition) is 3. The third-order valence-electron chi connectivity index (χ3n) is 2.51. The topological polar surface area (TPSA) is 32.3 Å². The minimum absolute atomic E-state index is 0.283. The molecule has 2 aromatic rings. The van der Waals surface area contributed by atoms with Crippen LogP contribution in [0.5, 0.6) is 0 Å². The second-order valence-corrected chi connectivity index (χ2v) is 5.81. The van der Waals surface area contributed by atoms with Gasteiger partial charge in [-0.2, -0.15) is 0 Å². The van der Waals surface area contributed by atoms with Crippen molar-refractivity contribution in [1.29, 1.82) is 0 Å². The number of aliphatic hydroxyl groups excluding tert-OH is 1. The Morgan fingerprint density at radius 1 is 1.21 bits per heavy atom. The molecular weight excluding hydrogens is 292 g/mol. The van der Waals surface area contributed by atoms with Crippen LogP contribution in [0.3, 0.4) is 0 Å². The molecule has 1 unspecified atom stereocenters. The number of aliphatic hydroxyl groups is 1. The summed E-state index contributed by atoms with van der Waals surface area (Å²) in [6, 6.07) is 6.80. The summed E-state index contributed by atoms with van der Waals surface area (Å²) in [5.41, 5.74) is 0.494. The van der Waals surface area contributed by atoms with E-state index in [4.69, 9.17) is 11.6 Å². The quantitative estimate of drug-likeness (QED) is 0.886. The van der Waals surface area contributed by atoms with Gasteiger partial charge in [-0.25, -0.2) is 8.78 Å². The van der Waals surface area contributed by atoms with Crippen LogP contribution in [0.2, 0.25) is 4.34 Å². The fourth-order valence-corrected chi connectivity index (χ4v) is 2.72. The molecule has 2 N–H and O–H groups in total. The molecule has 1 atom stereocenters. The van der Waals surface area contributed by atoms with Crippen LogP contribution in [0.4, 0.5) is 8.78 Å². The zero-order valence-corrected chi connectivity index (χ0v) is 11.4. The Morgan fingerprint density at radius 3 is 2.47 bits per heavy atom. The molecule has 0 spiro atoms. The van der Waals surface area contributed by atoms with Gasteiger partial charge in [0.2, 0.25) is 0 Å². The largest absolute Gasteiger partial charge is 0.386 e. The van der Waals surface area contributed by atoms with E-state index in [1.165, 1.54) is 23.5 Å². The fraction of sp³-hybridized carbons (Fsp3) is 0.231. The number of rotatable bonds is 5. The predicted octanol–water partition coefficient (Wildman–Crippen LogP) is 3.50. The molecule has 2 nitrogen and oxygen atoms in total. The van der Waals surface area contributed by atoms with Gasteiger partial charge in [0, 0.05) is 24.0 Å². The normalized spacial score (nSPS) is 12.6. The maximum absolute atomic E-state index is 13.0. The SMILES string of the molecule is OC(CNCc1cc(F)cc(F)c1)c1ccc(Cl)s1. The Labute approximate surface area is 118 Å².